The quantitative estimate of drug-likeness (QED) is 0.697. The zero-order chi connectivity index (χ0) is 17.6. The summed E-state index contributed by atoms with van der Waals surface area (Å²) >= 11 is 11.9. The molecule has 0 atom stereocenters. The summed E-state index contributed by atoms with van der Waals surface area (Å²) in [6.45, 7) is 3.61. The third kappa shape index (κ3) is 2.73. The van der Waals surface area contributed by atoms with Gasteiger partial charge < -0.3 is 4.90 Å². The van der Waals surface area contributed by atoms with E-state index >= 15 is 0 Å². The van der Waals surface area contributed by atoms with Crippen molar-refractivity contribution in [1.82, 2.24) is 19.5 Å². The maximum absolute atomic E-state index is 12.7. The molecule has 1 fully saturated rings. The van der Waals surface area contributed by atoms with Crippen molar-refractivity contribution in [1.29, 1.82) is 0 Å². The molecule has 4 rings (SSSR count). The van der Waals surface area contributed by atoms with Gasteiger partial charge >= 0.3 is 0 Å². The second-order valence-corrected chi connectivity index (χ2v) is 6.83. The van der Waals surface area contributed by atoms with Gasteiger partial charge in [0.1, 0.15) is 15.9 Å². The number of aromatic amines is 1. The number of rotatable bonds is 2. The highest BCUT2D eigenvalue weighted by Crippen LogP contribution is 2.24. The van der Waals surface area contributed by atoms with Crippen LogP contribution in [0, 0.1) is 11.6 Å². The van der Waals surface area contributed by atoms with E-state index in [0.717, 1.165) is 25.9 Å². The van der Waals surface area contributed by atoms with E-state index in [1.165, 1.54) is 0 Å². The van der Waals surface area contributed by atoms with Crippen LogP contribution in [0.3, 0.4) is 0 Å². The van der Waals surface area contributed by atoms with Crippen LogP contribution in [0.1, 0.15) is 18.7 Å². The van der Waals surface area contributed by atoms with Crippen LogP contribution in [0.25, 0.3) is 16.7 Å². The predicted molar refractivity (Wildman–Crippen MR) is 102 cm³/mol. The molecule has 0 spiro atoms. The Morgan fingerprint density at radius 2 is 1.92 bits per heavy atom. The topological polar surface area (TPSA) is 66.8 Å². The van der Waals surface area contributed by atoms with E-state index in [4.69, 9.17) is 23.8 Å². The molecule has 0 saturated carbocycles. The van der Waals surface area contributed by atoms with Gasteiger partial charge in [-0.3, -0.25) is 14.3 Å². The van der Waals surface area contributed by atoms with E-state index in [9.17, 15) is 4.79 Å². The number of hydrogen-bond donors (Lipinski definition) is 1. The molecule has 2 aromatic heterocycles. The predicted octanol–water partition coefficient (Wildman–Crippen LogP) is 3.40. The minimum Gasteiger partial charge on any atom is -0.342 e. The molecule has 1 N–H and O–H groups in total. The summed E-state index contributed by atoms with van der Waals surface area (Å²) in [6.07, 6.45) is 2.20. The van der Waals surface area contributed by atoms with Gasteiger partial charge in [0.05, 0.1) is 10.7 Å². The summed E-state index contributed by atoms with van der Waals surface area (Å²) in [6, 6.07) is 7.33. The number of para-hydroxylation sites is 1. The van der Waals surface area contributed by atoms with E-state index in [0.29, 0.717) is 38.2 Å². The fraction of sp³-hybridized carbons (Fsp3) is 0.294. The maximum Gasteiger partial charge on any atom is 0.264 e. The third-order valence-electron chi connectivity index (χ3n) is 4.40. The summed E-state index contributed by atoms with van der Waals surface area (Å²) in [5.74, 6) is 1.20. The fourth-order valence-electron chi connectivity index (χ4n) is 3.18. The lowest BCUT2D eigenvalue weighted by molar-refractivity contribution is 0.875. The van der Waals surface area contributed by atoms with Crippen LogP contribution in [-0.4, -0.2) is 32.6 Å². The Balaban J connectivity index is 1.99. The Kier molecular flexibility index (Phi) is 4.05. The Morgan fingerprint density at radius 1 is 1.20 bits per heavy atom. The molecule has 6 nitrogen and oxygen atoms in total. The molecule has 3 aromatic rings. The van der Waals surface area contributed by atoms with Gasteiger partial charge in [-0.05, 0) is 31.9 Å². The zero-order valence-corrected chi connectivity index (χ0v) is 15.2. The van der Waals surface area contributed by atoms with Gasteiger partial charge in [0.15, 0.2) is 5.65 Å². The van der Waals surface area contributed by atoms with Crippen LogP contribution in [0.2, 0.25) is 5.02 Å². The van der Waals surface area contributed by atoms with Crippen molar-refractivity contribution >= 4 is 40.8 Å². The van der Waals surface area contributed by atoms with Gasteiger partial charge in [-0.25, -0.2) is 4.98 Å². The molecule has 1 aliphatic heterocycles. The summed E-state index contributed by atoms with van der Waals surface area (Å²) in [4.78, 5) is 26.7. The first-order valence-electron chi connectivity index (χ1n) is 8.10. The molecule has 0 amide bonds. The van der Waals surface area contributed by atoms with Crippen LogP contribution in [0.15, 0.2) is 29.1 Å². The lowest BCUT2D eigenvalue weighted by atomic mass is 10.3. The molecular weight excluding hydrogens is 358 g/mol. The van der Waals surface area contributed by atoms with E-state index in [1.807, 2.05) is 25.1 Å². The molecule has 25 heavy (non-hydrogen) atoms. The number of halogens is 1. The van der Waals surface area contributed by atoms with Gasteiger partial charge in [-0.15, -0.1) is 0 Å². The third-order valence-corrected chi connectivity index (χ3v) is 5.10. The van der Waals surface area contributed by atoms with Crippen LogP contribution in [-0.2, 0) is 0 Å². The number of nitrogens with one attached hydrogen (secondary N) is 1. The highest BCUT2D eigenvalue weighted by Gasteiger charge is 2.18. The number of fused-ring (bicyclic) bond motifs is 1. The smallest absolute Gasteiger partial charge is 0.264 e. The Morgan fingerprint density at radius 3 is 2.64 bits per heavy atom. The summed E-state index contributed by atoms with van der Waals surface area (Å²) in [5, 5.41) is 0.851. The second kappa shape index (κ2) is 6.24. The minimum atomic E-state index is -0.273. The average Bonchev–Trinajstić information content (AvgIpc) is 3.10. The van der Waals surface area contributed by atoms with E-state index in [1.54, 1.807) is 10.6 Å². The molecule has 0 unspecified atom stereocenters. The lowest BCUT2D eigenvalue weighted by Gasteiger charge is -2.17. The SMILES string of the molecule is Cc1nc2nc(N3CCCC3)[nH]c(=O)c2c(=S)n1-c1ccccc1Cl. The summed E-state index contributed by atoms with van der Waals surface area (Å²) in [7, 11) is 0. The molecule has 0 bridgehead atoms. The molecular formula is C17H16ClN5OS. The Hall–Kier alpha value is -2.25. The number of aryl methyl sites for hydroxylation is 1. The molecule has 0 radical (unpaired) electrons. The van der Waals surface area contributed by atoms with Gasteiger partial charge in [0.25, 0.3) is 5.56 Å². The van der Waals surface area contributed by atoms with Gasteiger partial charge in [0, 0.05) is 13.1 Å². The van der Waals surface area contributed by atoms with Crippen LogP contribution >= 0.6 is 23.8 Å². The number of anilines is 1. The first-order chi connectivity index (χ1) is 12.1. The summed E-state index contributed by atoms with van der Waals surface area (Å²) in [5.41, 5.74) is 0.797. The van der Waals surface area contributed by atoms with Crippen LogP contribution < -0.4 is 10.5 Å². The first-order valence-corrected chi connectivity index (χ1v) is 8.88. The van der Waals surface area contributed by atoms with E-state index in [-0.39, 0.29) is 5.56 Å². The van der Waals surface area contributed by atoms with E-state index in [2.05, 4.69) is 19.9 Å². The van der Waals surface area contributed by atoms with Crippen molar-refractivity contribution in [3.05, 3.63) is 50.1 Å². The zero-order valence-electron chi connectivity index (χ0n) is 13.6. The standard InChI is InChI=1S/C17H16ClN5OS/c1-10-19-14-13(15(24)21-17(20-14)22-8-4-5-9-22)16(25)23(10)12-7-3-2-6-11(12)18/h2-3,6-7H,4-5,8-9H2,1H3,(H,20,21,24). The number of benzene rings is 1. The fourth-order valence-corrected chi connectivity index (χ4v) is 3.82. The van der Waals surface area contributed by atoms with Crippen molar-refractivity contribution in [2.45, 2.75) is 19.8 Å². The monoisotopic (exact) mass is 373 g/mol. The van der Waals surface area contributed by atoms with Crippen molar-refractivity contribution in [3.63, 3.8) is 0 Å². The second-order valence-electron chi connectivity index (χ2n) is 6.03. The van der Waals surface area contributed by atoms with Gasteiger partial charge in [-0.1, -0.05) is 36.0 Å². The Bertz CT molecular complexity index is 1080. The maximum atomic E-state index is 12.7. The molecule has 1 aliphatic rings. The summed E-state index contributed by atoms with van der Waals surface area (Å²) < 4.78 is 2.07. The highest BCUT2D eigenvalue weighted by molar-refractivity contribution is 7.71. The first kappa shape index (κ1) is 16.2. The molecule has 8 heteroatoms. The molecule has 1 aromatic carbocycles. The number of aromatic nitrogens is 4. The highest BCUT2D eigenvalue weighted by atomic mass is 35.5. The molecule has 3 heterocycles. The Labute approximate surface area is 154 Å². The number of hydrogen-bond acceptors (Lipinski definition) is 5. The van der Waals surface area contributed by atoms with Crippen molar-refractivity contribution in [2.75, 3.05) is 18.0 Å². The van der Waals surface area contributed by atoms with Crippen LogP contribution in [0.5, 0.6) is 0 Å². The molecule has 0 aliphatic carbocycles. The lowest BCUT2D eigenvalue weighted by Crippen LogP contribution is -2.25. The largest absolute Gasteiger partial charge is 0.342 e. The molecule has 1 saturated heterocycles. The van der Waals surface area contributed by atoms with Gasteiger partial charge in [-0.2, -0.15) is 4.98 Å². The minimum absolute atomic E-state index is 0.273. The molecule has 128 valence electrons. The number of H-pyrrole nitrogens is 1. The normalized spacial score (nSPS) is 14.4. The van der Waals surface area contributed by atoms with E-state index < -0.39 is 0 Å². The van der Waals surface area contributed by atoms with Crippen LogP contribution in [0.4, 0.5) is 5.95 Å². The van der Waals surface area contributed by atoms with Crippen molar-refractivity contribution in [3.8, 4) is 5.69 Å². The van der Waals surface area contributed by atoms with Crippen molar-refractivity contribution < 1.29 is 0 Å². The van der Waals surface area contributed by atoms with Crippen molar-refractivity contribution in [2.24, 2.45) is 0 Å². The number of nitrogens with zero attached hydrogens (tertiary/aromatic N) is 4. The van der Waals surface area contributed by atoms with Gasteiger partial charge in [0.2, 0.25) is 5.95 Å². The average molecular weight is 374 g/mol.